The van der Waals surface area contributed by atoms with Crippen LogP contribution in [0.2, 0.25) is 0 Å². The van der Waals surface area contributed by atoms with Crippen molar-refractivity contribution >= 4 is 17.8 Å². The molecule has 0 radical (unpaired) electrons. The Labute approximate surface area is 160 Å². The van der Waals surface area contributed by atoms with Crippen LogP contribution in [-0.4, -0.2) is 47.1 Å². The topological polar surface area (TPSA) is 84.4 Å². The number of rotatable bonds is 5. The molecular formula is C20H30N4O3. The lowest BCUT2D eigenvalue weighted by Crippen LogP contribution is -2.46. The Bertz CT molecular complexity index is 631. The molecule has 7 heteroatoms. The molecule has 148 valence electrons. The van der Waals surface area contributed by atoms with Crippen molar-refractivity contribution in [2.24, 2.45) is 11.8 Å². The van der Waals surface area contributed by atoms with Crippen LogP contribution in [0.4, 0.5) is 5.95 Å². The Morgan fingerprint density at radius 2 is 1.81 bits per heavy atom. The second-order valence-electron chi connectivity index (χ2n) is 7.77. The highest BCUT2D eigenvalue weighted by atomic mass is 16.5. The van der Waals surface area contributed by atoms with E-state index in [0.717, 1.165) is 19.3 Å². The number of aromatic nitrogens is 2. The van der Waals surface area contributed by atoms with Crippen molar-refractivity contribution < 1.29 is 14.3 Å². The van der Waals surface area contributed by atoms with E-state index in [9.17, 15) is 9.59 Å². The van der Waals surface area contributed by atoms with Crippen LogP contribution in [0.5, 0.6) is 0 Å². The minimum absolute atomic E-state index is 0.172. The number of hydrogen-bond acceptors (Lipinski definition) is 6. The highest BCUT2D eigenvalue weighted by Gasteiger charge is 2.31. The average Bonchev–Trinajstić information content (AvgIpc) is 2.70. The molecular weight excluding hydrogens is 344 g/mol. The first-order valence-electron chi connectivity index (χ1n) is 10.1. The highest BCUT2D eigenvalue weighted by Crippen LogP contribution is 2.24. The summed E-state index contributed by atoms with van der Waals surface area (Å²) in [5.41, 5.74) is 0. The molecule has 1 aliphatic carbocycles. The van der Waals surface area contributed by atoms with Gasteiger partial charge in [0.2, 0.25) is 5.95 Å². The van der Waals surface area contributed by atoms with Gasteiger partial charge in [0.1, 0.15) is 0 Å². The van der Waals surface area contributed by atoms with Gasteiger partial charge < -0.3 is 15.0 Å². The Hall–Kier alpha value is -2.18. The number of amides is 1. The zero-order chi connectivity index (χ0) is 19.2. The number of anilines is 1. The van der Waals surface area contributed by atoms with Crippen molar-refractivity contribution in [1.82, 2.24) is 15.3 Å². The van der Waals surface area contributed by atoms with Gasteiger partial charge in [0, 0.05) is 31.5 Å². The SMILES string of the molecule is CC(OC(=O)C1CCN(c2ncccn2)CC1)C(=O)NC1CCCCC1C. The van der Waals surface area contributed by atoms with Crippen LogP contribution in [-0.2, 0) is 14.3 Å². The normalized spacial score (nSPS) is 24.9. The molecule has 0 spiro atoms. The summed E-state index contributed by atoms with van der Waals surface area (Å²) in [6, 6.07) is 1.98. The van der Waals surface area contributed by atoms with Crippen LogP contribution in [0, 0.1) is 11.8 Å². The van der Waals surface area contributed by atoms with Crippen molar-refractivity contribution in [3.8, 4) is 0 Å². The van der Waals surface area contributed by atoms with Crippen molar-refractivity contribution in [2.45, 2.75) is 64.5 Å². The molecule has 3 unspecified atom stereocenters. The van der Waals surface area contributed by atoms with Crippen LogP contribution in [0.25, 0.3) is 0 Å². The third-order valence-corrected chi connectivity index (χ3v) is 5.76. The van der Waals surface area contributed by atoms with E-state index in [-0.39, 0.29) is 23.8 Å². The van der Waals surface area contributed by atoms with Gasteiger partial charge in [0.25, 0.3) is 5.91 Å². The summed E-state index contributed by atoms with van der Waals surface area (Å²) in [5, 5.41) is 3.06. The Morgan fingerprint density at radius 3 is 2.48 bits per heavy atom. The van der Waals surface area contributed by atoms with Gasteiger partial charge in [-0.3, -0.25) is 9.59 Å². The zero-order valence-corrected chi connectivity index (χ0v) is 16.3. The molecule has 3 atom stereocenters. The second kappa shape index (κ2) is 9.15. The van der Waals surface area contributed by atoms with Gasteiger partial charge in [-0.2, -0.15) is 0 Å². The molecule has 2 fully saturated rings. The minimum Gasteiger partial charge on any atom is -0.452 e. The van der Waals surface area contributed by atoms with Crippen LogP contribution in [0.15, 0.2) is 18.5 Å². The predicted molar refractivity (Wildman–Crippen MR) is 102 cm³/mol. The molecule has 1 aliphatic heterocycles. The number of piperidine rings is 1. The lowest BCUT2D eigenvalue weighted by Gasteiger charge is -2.32. The number of nitrogens with zero attached hydrogens (tertiary/aromatic N) is 3. The third kappa shape index (κ3) is 5.17. The summed E-state index contributed by atoms with van der Waals surface area (Å²) in [6.45, 7) is 5.26. The molecule has 0 aromatic carbocycles. The van der Waals surface area contributed by atoms with Gasteiger partial charge in [0.15, 0.2) is 6.10 Å². The lowest BCUT2D eigenvalue weighted by atomic mass is 9.86. The summed E-state index contributed by atoms with van der Waals surface area (Å²) in [7, 11) is 0. The molecule has 1 aromatic rings. The number of esters is 1. The quantitative estimate of drug-likeness (QED) is 0.796. The smallest absolute Gasteiger partial charge is 0.309 e. The second-order valence-corrected chi connectivity index (χ2v) is 7.77. The zero-order valence-electron chi connectivity index (χ0n) is 16.3. The number of hydrogen-bond donors (Lipinski definition) is 1. The van der Waals surface area contributed by atoms with Crippen LogP contribution in [0.3, 0.4) is 0 Å². The first-order chi connectivity index (χ1) is 13.0. The van der Waals surface area contributed by atoms with E-state index in [1.54, 1.807) is 25.4 Å². The highest BCUT2D eigenvalue weighted by molar-refractivity contribution is 5.84. The van der Waals surface area contributed by atoms with Gasteiger partial charge in [-0.1, -0.05) is 19.8 Å². The third-order valence-electron chi connectivity index (χ3n) is 5.76. The molecule has 1 N–H and O–H groups in total. The van der Waals surface area contributed by atoms with Crippen molar-refractivity contribution in [3.05, 3.63) is 18.5 Å². The van der Waals surface area contributed by atoms with Crippen molar-refractivity contribution in [3.63, 3.8) is 0 Å². The maximum atomic E-state index is 12.5. The van der Waals surface area contributed by atoms with Crippen LogP contribution < -0.4 is 10.2 Å². The lowest BCUT2D eigenvalue weighted by molar-refractivity contribution is -0.159. The summed E-state index contributed by atoms with van der Waals surface area (Å²) in [6.07, 6.45) is 8.58. The van der Waals surface area contributed by atoms with E-state index in [2.05, 4.69) is 27.1 Å². The number of nitrogens with one attached hydrogen (secondary N) is 1. The van der Waals surface area contributed by atoms with Gasteiger partial charge in [0.05, 0.1) is 5.92 Å². The summed E-state index contributed by atoms with van der Waals surface area (Å²) in [4.78, 5) is 35.4. The number of ether oxygens (including phenoxy) is 1. The molecule has 1 saturated carbocycles. The Morgan fingerprint density at radius 1 is 1.15 bits per heavy atom. The first-order valence-corrected chi connectivity index (χ1v) is 10.1. The molecule has 1 saturated heterocycles. The molecule has 7 nitrogen and oxygen atoms in total. The van der Waals surface area contributed by atoms with Gasteiger partial charge in [-0.05, 0) is 44.6 Å². The van der Waals surface area contributed by atoms with E-state index in [1.807, 2.05) is 0 Å². The van der Waals surface area contributed by atoms with E-state index in [0.29, 0.717) is 37.8 Å². The Balaban J connectivity index is 1.44. The molecule has 1 aromatic heterocycles. The monoisotopic (exact) mass is 374 g/mol. The van der Waals surface area contributed by atoms with Gasteiger partial charge in [-0.25, -0.2) is 9.97 Å². The maximum absolute atomic E-state index is 12.5. The fourth-order valence-corrected chi connectivity index (χ4v) is 3.92. The number of carbonyl (C=O) groups is 2. The molecule has 2 heterocycles. The van der Waals surface area contributed by atoms with Crippen LogP contribution >= 0.6 is 0 Å². The maximum Gasteiger partial charge on any atom is 0.309 e. The molecule has 0 bridgehead atoms. The van der Waals surface area contributed by atoms with Gasteiger partial charge >= 0.3 is 5.97 Å². The van der Waals surface area contributed by atoms with Crippen molar-refractivity contribution in [1.29, 1.82) is 0 Å². The van der Waals surface area contributed by atoms with E-state index < -0.39 is 6.10 Å². The van der Waals surface area contributed by atoms with Gasteiger partial charge in [-0.15, -0.1) is 0 Å². The predicted octanol–water partition coefficient (Wildman–Crippen LogP) is 2.32. The molecule has 1 amide bonds. The minimum atomic E-state index is -0.748. The van der Waals surface area contributed by atoms with E-state index in [1.165, 1.54) is 6.42 Å². The fraction of sp³-hybridized carbons (Fsp3) is 0.700. The van der Waals surface area contributed by atoms with Crippen LogP contribution in [0.1, 0.15) is 52.4 Å². The van der Waals surface area contributed by atoms with E-state index in [4.69, 9.17) is 4.74 Å². The van der Waals surface area contributed by atoms with Crippen molar-refractivity contribution in [2.75, 3.05) is 18.0 Å². The summed E-state index contributed by atoms with van der Waals surface area (Å²) in [5.74, 6) is 0.544. The largest absolute Gasteiger partial charge is 0.452 e. The van der Waals surface area contributed by atoms with E-state index >= 15 is 0 Å². The molecule has 3 rings (SSSR count). The standard InChI is InChI=1S/C20H30N4O3/c1-14-6-3-4-7-17(14)23-18(25)15(2)27-19(26)16-8-12-24(13-9-16)20-21-10-5-11-22-20/h5,10-11,14-17H,3-4,6-9,12-13H2,1-2H3,(H,23,25). The first kappa shape index (κ1) is 19.6. The molecule has 2 aliphatic rings. The summed E-state index contributed by atoms with van der Waals surface area (Å²) >= 11 is 0. The Kier molecular flexibility index (Phi) is 6.63. The average molecular weight is 374 g/mol. The fourth-order valence-electron chi connectivity index (χ4n) is 3.92. The molecule has 27 heavy (non-hydrogen) atoms. The number of carbonyl (C=O) groups excluding carboxylic acids is 2. The summed E-state index contributed by atoms with van der Waals surface area (Å²) < 4.78 is 5.47.